The number of nitrogens with zero attached hydrogens (tertiary/aromatic N) is 4. The molecule has 0 saturated heterocycles. The van der Waals surface area contributed by atoms with Gasteiger partial charge in [0.05, 0.1) is 5.52 Å². The zero-order valence-corrected chi connectivity index (χ0v) is 27.7. The number of fused-ring (bicyclic) bond motifs is 7. The van der Waals surface area contributed by atoms with Crippen LogP contribution in [0.1, 0.15) is 19.4 Å². The first-order valence-electron chi connectivity index (χ1n) is 15.1. The number of anilines is 3. The molecule has 0 saturated carbocycles. The molecule has 0 aliphatic carbocycles. The average molecular weight is 760 g/mol. The van der Waals surface area contributed by atoms with Crippen LogP contribution in [0.2, 0.25) is 0 Å². The summed E-state index contributed by atoms with van der Waals surface area (Å²) in [6.45, 7) is 8.69. The molecule has 9 rings (SSSR count). The summed E-state index contributed by atoms with van der Waals surface area (Å²) >= 11 is 0. The number of pyridine rings is 1. The third-order valence-electron chi connectivity index (χ3n) is 8.49. The second kappa shape index (κ2) is 11.7. The Labute approximate surface area is 277 Å². The Bertz CT molecular complexity index is 2250. The number of hydrogen-bond donors (Lipinski definition) is 0. The predicted molar refractivity (Wildman–Crippen MR) is 184 cm³/mol. The number of benzene rings is 5. The van der Waals surface area contributed by atoms with Gasteiger partial charge in [-0.25, -0.2) is 0 Å². The molecule has 0 spiro atoms. The normalized spacial score (nSPS) is 12.6. The van der Waals surface area contributed by atoms with E-state index in [9.17, 15) is 0 Å². The van der Waals surface area contributed by atoms with Crippen molar-refractivity contribution >= 4 is 55.2 Å². The van der Waals surface area contributed by atoms with Crippen molar-refractivity contribution in [3.05, 3.63) is 146 Å². The van der Waals surface area contributed by atoms with Crippen LogP contribution >= 0.6 is 0 Å². The van der Waals surface area contributed by atoms with Gasteiger partial charge in [0.2, 0.25) is 0 Å². The summed E-state index contributed by atoms with van der Waals surface area (Å²) < 4.78 is 2.39. The Morgan fingerprint density at radius 1 is 0.711 bits per heavy atom. The molecule has 45 heavy (non-hydrogen) atoms. The van der Waals surface area contributed by atoms with Crippen molar-refractivity contribution in [2.24, 2.45) is 0 Å². The van der Waals surface area contributed by atoms with Crippen LogP contribution in [0.15, 0.2) is 121 Å². The molecule has 0 N–H and O–H groups in total. The van der Waals surface area contributed by atoms with Gasteiger partial charge in [-0.2, -0.15) is 12.7 Å². The van der Waals surface area contributed by atoms with Crippen LogP contribution in [-0.4, -0.2) is 15.4 Å². The first-order chi connectivity index (χ1) is 21.6. The number of aryl methyl sites for hydroxylation is 1. The molecule has 0 radical (unpaired) electrons. The fraction of sp³-hybridized carbons (Fsp3) is 0.100. The van der Waals surface area contributed by atoms with E-state index >= 15 is 0 Å². The fourth-order valence-corrected chi connectivity index (χ4v) is 6.39. The molecule has 4 heterocycles. The number of rotatable bonds is 3. The molecule has 5 heteroatoms. The molecule has 0 fully saturated rings. The zero-order chi connectivity index (χ0) is 29.8. The van der Waals surface area contributed by atoms with E-state index in [-0.39, 0.29) is 20.1 Å². The van der Waals surface area contributed by atoms with E-state index in [1.807, 2.05) is 43.5 Å². The van der Waals surface area contributed by atoms with Gasteiger partial charge >= 0.3 is 20.1 Å². The van der Waals surface area contributed by atoms with Crippen LogP contribution in [0.5, 0.6) is 0 Å². The zero-order valence-electron chi connectivity index (χ0n) is 25.3. The van der Waals surface area contributed by atoms with Crippen LogP contribution < -0.4 is 9.80 Å². The van der Waals surface area contributed by atoms with Gasteiger partial charge in [-0.15, -0.1) is 59.1 Å². The monoisotopic (exact) mass is 760 g/mol. The topological polar surface area (TPSA) is 23.8 Å². The van der Waals surface area contributed by atoms with E-state index in [2.05, 4.69) is 137 Å². The van der Waals surface area contributed by atoms with E-state index in [0.29, 0.717) is 6.04 Å². The summed E-state index contributed by atoms with van der Waals surface area (Å²) in [7, 11) is 0. The molecule has 1 aliphatic rings. The van der Waals surface area contributed by atoms with Crippen molar-refractivity contribution in [3.63, 3.8) is 0 Å². The minimum atomic E-state index is 0. The third kappa shape index (κ3) is 4.84. The summed E-state index contributed by atoms with van der Waals surface area (Å²) in [5, 5.41) is 5.15. The molecule has 5 aromatic carbocycles. The summed E-state index contributed by atoms with van der Waals surface area (Å²) in [6, 6.07) is 47.6. The largest absolute Gasteiger partial charge is 3.00 e. The van der Waals surface area contributed by atoms with Crippen LogP contribution in [0.25, 0.3) is 49.4 Å². The van der Waals surface area contributed by atoms with Crippen LogP contribution in [0.3, 0.4) is 0 Å². The maximum atomic E-state index is 4.32. The van der Waals surface area contributed by atoms with E-state index in [4.69, 9.17) is 0 Å². The predicted octanol–water partition coefficient (Wildman–Crippen LogP) is 9.98. The van der Waals surface area contributed by atoms with Crippen molar-refractivity contribution in [1.29, 1.82) is 0 Å². The van der Waals surface area contributed by atoms with E-state index in [1.54, 1.807) is 0 Å². The van der Waals surface area contributed by atoms with Gasteiger partial charge in [-0.3, -0.25) is 0 Å². The van der Waals surface area contributed by atoms with Crippen molar-refractivity contribution < 1.29 is 20.1 Å². The van der Waals surface area contributed by atoms with Crippen molar-refractivity contribution in [1.82, 2.24) is 9.38 Å². The maximum Gasteiger partial charge on any atom is 3.00 e. The fourth-order valence-electron chi connectivity index (χ4n) is 6.39. The van der Waals surface area contributed by atoms with E-state index < -0.39 is 0 Å². The molecule has 8 aromatic rings. The first kappa shape index (κ1) is 29.0. The van der Waals surface area contributed by atoms with Crippen molar-refractivity contribution in [2.75, 3.05) is 9.80 Å². The van der Waals surface area contributed by atoms with Crippen molar-refractivity contribution in [2.45, 2.75) is 26.8 Å². The summed E-state index contributed by atoms with van der Waals surface area (Å²) in [5.74, 6) is 0. The molecule has 3 aromatic heterocycles. The Balaban J connectivity index is 0.000000196. The molecule has 1 aliphatic heterocycles. The Kier molecular flexibility index (Phi) is 7.53. The Hall–Kier alpha value is -4.70. The number of aromatic nitrogens is 2. The van der Waals surface area contributed by atoms with Gasteiger partial charge in [0.25, 0.3) is 0 Å². The van der Waals surface area contributed by atoms with Gasteiger partial charge in [0.1, 0.15) is 0 Å². The SMILES string of the molecule is CC(C)N1[CH-]N(c2[c-]c3c(cc2)c2cccc4c5ccccc5n3c24)c2ccccc21.Cc1ccc(-c2[c-]cccc2)nc1.[Ir+3]. The molecule has 0 atom stereocenters. The molecule has 4 nitrogen and oxygen atoms in total. The first-order valence-corrected chi connectivity index (χ1v) is 15.1. The minimum Gasteiger partial charge on any atom is -0.499 e. The van der Waals surface area contributed by atoms with Gasteiger partial charge < -0.3 is 19.2 Å². The maximum absolute atomic E-state index is 4.32. The number of hydrogen-bond acceptors (Lipinski definition) is 3. The Morgan fingerprint density at radius 3 is 2.20 bits per heavy atom. The van der Waals surface area contributed by atoms with Crippen LogP contribution in [0.4, 0.5) is 17.1 Å². The van der Waals surface area contributed by atoms with Gasteiger partial charge in [-0.1, -0.05) is 66.2 Å². The second-order valence-corrected chi connectivity index (χ2v) is 11.6. The van der Waals surface area contributed by atoms with Gasteiger partial charge in [-0.05, 0) is 61.7 Å². The van der Waals surface area contributed by atoms with Crippen LogP contribution in [0, 0.1) is 25.7 Å². The molecule has 220 valence electrons. The summed E-state index contributed by atoms with van der Waals surface area (Å²) in [6.07, 6.45) is 1.87. The summed E-state index contributed by atoms with van der Waals surface area (Å²) in [5.41, 5.74) is 10.4. The standard InChI is InChI=1S/C28H21N3.C12H10N.Ir/c1-18(2)29-17-30(26-13-6-5-12-25(26)29)19-14-15-21-23-10-7-9-22-20-8-3-4-11-24(20)31(28(22)23)27(21)16-19;1-10-7-8-12(13-9-10)11-5-3-2-4-6-11;/h3-15,17-18H,1-2H3;2-5,7-9H,1H3;/q-2;-1;+3. The molecular weight excluding hydrogens is 729 g/mol. The molecular formula is C40H31IrN4. The third-order valence-corrected chi connectivity index (χ3v) is 8.49. The molecule has 0 amide bonds. The second-order valence-electron chi connectivity index (χ2n) is 11.6. The quantitative estimate of drug-likeness (QED) is 0.168. The van der Waals surface area contributed by atoms with Gasteiger partial charge in [0, 0.05) is 33.9 Å². The molecule has 0 bridgehead atoms. The summed E-state index contributed by atoms with van der Waals surface area (Å²) in [4.78, 5) is 8.91. The van der Waals surface area contributed by atoms with Crippen molar-refractivity contribution in [3.8, 4) is 11.3 Å². The Morgan fingerprint density at radius 2 is 1.44 bits per heavy atom. The molecule has 0 unspecified atom stereocenters. The van der Waals surface area contributed by atoms with Crippen LogP contribution in [-0.2, 0) is 20.1 Å². The van der Waals surface area contributed by atoms with E-state index in [1.165, 1.54) is 49.5 Å². The number of para-hydroxylation sites is 4. The van der Waals surface area contributed by atoms with Gasteiger partial charge in [0.15, 0.2) is 0 Å². The van der Waals surface area contributed by atoms with E-state index in [0.717, 1.165) is 22.5 Å². The smallest absolute Gasteiger partial charge is 0.499 e. The minimum absolute atomic E-state index is 0. The average Bonchev–Trinajstić information content (AvgIpc) is 3.73.